The lowest BCUT2D eigenvalue weighted by molar-refractivity contribution is -0.138. The van der Waals surface area contributed by atoms with E-state index in [1.54, 1.807) is 25.3 Å². The maximum Gasteiger partial charge on any atom is 0.303 e. The quantitative estimate of drug-likeness (QED) is 0.846. The molecule has 5 heteroatoms. The molecule has 1 rings (SSSR count). The number of carbonyl (C=O) groups is 1. The third kappa shape index (κ3) is 4.31. The first-order chi connectivity index (χ1) is 8.43. The van der Waals surface area contributed by atoms with E-state index in [0.29, 0.717) is 12.2 Å². The Labute approximate surface area is 115 Å². The number of aliphatic carboxylic acids is 1. The van der Waals surface area contributed by atoms with Crippen LogP contribution in [0.3, 0.4) is 0 Å². The van der Waals surface area contributed by atoms with Gasteiger partial charge >= 0.3 is 5.97 Å². The molecule has 0 saturated heterocycles. The van der Waals surface area contributed by atoms with Gasteiger partial charge in [-0.3, -0.25) is 4.79 Å². The Bertz CT molecular complexity index is 419. The van der Waals surface area contributed by atoms with Gasteiger partial charge in [0.05, 0.1) is 13.2 Å². The van der Waals surface area contributed by atoms with Gasteiger partial charge in [-0.05, 0) is 30.0 Å². The summed E-state index contributed by atoms with van der Waals surface area (Å²) in [7, 11) is 1.58. The molecule has 0 amide bonds. The van der Waals surface area contributed by atoms with Crippen LogP contribution in [0, 0.1) is 5.92 Å². The number of benzene rings is 1. The van der Waals surface area contributed by atoms with Crippen molar-refractivity contribution in [3.05, 3.63) is 28.2 Å². The molecule has 0 spiro atoms. The van der Waals surface area contributed by atoms with E-state index in [-0.39, 0.29) is 12.3 Å². The van der Waals surface area contributed by atoms with Crippen LogP contribution < -0.4 is 4.74 Å². The maximum absolute atomic E-state index is 10.6. The van der Waals surface area contributed by atoms with Gasteiger partial charge in [0.2, 0.25) is 0 Å². The highest BCUT2D eigenvalue weighted by Crippen LogP contribution is 2.31. The number of hydrogen-bond donors (Lipinski definition) is 2. The van der Waals surface area contributed by atoms with E-state index in [2.05, 4.69) is 15.9 Å². The molecule has 0 fully saturated rings. The summed E-state index contributed by atoms with van der Waals surface area (Å²) in [6.07, 6.45) is -0.207. The van der Waals surface area contributed by atoms with Crippen molar-refractivity contribution >= 4 is 21.9 Å². The average molecular weight is 317 g/mol. The molecule has 0 saturated carbocycles. The predicted octanol–water partition coefficient (Wildman–Crippen LogP) is 2.99. The van der Waals surface area contributed by atoms with E-state index >= 15 is 0 Å². The van der Waals surface area contributed by atoms with Gasteiger partial charge in [-0.15, -0.1) is 0 Å². The maximum atomic E-state index is 10.6. The molecule has 0 bridgehead atoms. The number of aliphatic hydroxyl groups excluding tert-OH is 1. The van der Waals surface area contributed by atoms with Gasteiger partial charge in [-0.25, -0.2) is 0 Å². The van der Waals surface area contributed by atoms with Crippen molar-refractivity contribution in [1.29, 1.82) is 0 Å². The third-order valence-corrected chi connectivity index (χ3v) is 3.40. The van der Waals surface area contributed by atoms with Gasteiger partial charge in [0.25, 0.3) is 0 Å². The van der Waals surface area contributed by atoms with Crippen molar-refractivity contribution in [3.63, 3.8) is 0 Å². The number of hydrogen-bond acceptors (Lipinski definition) is 3. The fraction of sp³-hybridized carbons (Fsp3) is 0.462. The average Bonchev–Trinajstić information content (AvgIpc) is 2.27. The summed E-state index contributed by atoms with van der Waals surface area (Å²) in [6, 6.07) is 5.33. The van der Waals surface area contributed by atoms with Gasteiger partial charge < -0.3 is 14.9 Å². The molecule has 2 unspecified atom stereocenters. The molecule has 2 atom stereocenters. The number of halogens is 1. The number of ether oxygens (including phenoxy) is 1. The fourth-order valence-electron chi connectivity index (χ4n) is 1.79. The second kappa shape index (κ2) is 6.75. The largest absolute Gasteiger partial charge is 0.497 e. The Hall–Kier alpha value is -1.07. The molecule has 18 heavy (non-hydrogen) atoms. The van der Waals surface area contributed by atoms with Crippen LogP contribution in [0.5, 0.6) is 5.75 Å². The summed E-state index contributed by atoms with van der Waals surface area (Å²) >= 11 is 3.37. The molecule has 0 aliphatic carbocycles. The molecule has 0 aliphatic rings. The Morgan fingerprint density at radius 1 is 1.50 bits per heavy atom. The Kier molecular flexibility index (Phi) is 5.62. The van der Waals surface area contributed by atoms with Crippen molar-refractivity contribution in [2.45, 2.75) is 25.9 Å². The molecule has 0 aliphatic heterocycles. The minimum atomic E-state index is -0.844. The summed E-state index contributed by atoms with van der Waals surface area (Å²) in [5.41, 5.74) is 0.744. The first kappa shape index (κ1) is 15.0. The highest BCUT2D eigenvalue weighted by molar-refractivity contribution is 9.10. The Balaban J connectivity index is 2.72. The second-order valence-corrected chi connectivity index (χ2v) is 5.20. The molecule has 2 N–H and O–H groups in total. The van der Waals surface area contributed by atoms with E-state index in [1.807, 2.05) is 6.92 Å². The van der Waals surface area contributed by atoms with Crippen molar-refractivity contribution in [2.75, 3.05) is 7.11 Å². The monoisotopic (exact) mass is 316 g/mol. The first-order valence-corrected chi connectivity index (χ1v) is 6.46. The molecule has 1 aromatic rings. The van der Waals surface area contributed by atoms with Crippen LogP contribution in [0.1, 0.15) is 31.4 Å². The molecular weight excluding hydrogens is 300 g/mol. The molecule has 0 heterocycles. The van der Waals surface area contributed by atoms with Crippen LogP contribution in [-0.4, -0.2) is 23.3 Å². The normalized spacial score (nSPS) is 14.0. The Morgan fingerprint density at radius 3 is 2.67 bits per heavy atom. The topological polar surface area (TPSA) is 66.8 Å². The molecule has 1 aromatic carbocycles. The SMILES string of the molecule is COc1ccc(C(O)CC(C)CC(=O)O)c(Br)c1. The minimum Gasteiger partial charge on any atom is -0.497 e. The fourth-order valence-corrected chi connectivity index (χ4v) is 2.42. The van der Waals surface area contributed by atoms with Crippen LogP contribution in [0.2, 0.25) is 0 Å². The summed E-state index contributed by atoms with van der Waals surface area (Å²) in [5, 5.41) is 18.8. The second-order valence-electron chi connectivity index (χ2n) is 4.34. The van der Waals surface area contributed by atoms with E-state index in [0.717, 1.165) is 10.0 Å². The molecule has 100 valence electrons. The van der Waals surface area contributed by atoms with E-state index < -0.39 is 12.1 Å². The minimum absolute atomic E-state index is 0.0604. The van der Waals surface area contributed by atoms with Crippen LogP contribution in [0.15, 0.2) is 22.7 Å². The number of carboxylic acid groups (broad SMARTS) is 1. The van der Waals surface area contributed by atoms with Gasteiger partial charge in [-0.1, -0.05) is 28.9 Å². The zero-order chi connectivity index (χ0) is 13.7. The number of carboxylic acids is 1. The van der Waals surface area contributed by atoms with Crippen molar-refractivity contribution in [1.82, 2.24) is 0 Å². The number of methoxy groups -OCH3 is 1. The van der Waals surface area contributed by atoms with Crippen molar-refractivity contribution in [2.24, 2.45) is 5.92 Å². The lowest BCUT2D eigenvalue weighted by atomic mass is 9.96. The lowest BCUT2D eigenvalue weighted by Crippen LogP contribution is -2.09. The number of aliphatic hydroxyl groups is 1. The Morgan fingerprint density at radius 2 is 2.17 bits per heavy atom. The highest BCUT2D eigenvalue weighted by atomic mass is 79.9. The van der Waals surface area contributed by atoms with Gasteiger partial charge in [0.1, 0.15) is 5.75 Å². The van der Waals surface area contributed by atoms with Gasteiger partial charge in [0.15, 0.2) is 0 Å². The smallest absolute Gasteiger partial charge is 0.303 e. The summed E-state index contributed by atoms with van der Waals surface area (Å²) in [4.78, 5) is 10.6. The summed E-state index contributed by atoms with van der Waals surface area (Å²) in [5.74, 6) is -0.216. The standard InChI is InChI=1S/C13H17BrO4/c1-8(6-13(16)17)5-12(15)10-4-3-9(18-2)7-11(10)14/h3-4,7-8,12,15H,5-6H2,1-2H3,(H,16,17). The van der Waals surface area contributed by atoms with Gasteiger partial charge in [-0.2, -0.15) is 0 Å². The third-order valence-electron chi connectivity index (χ3n) is 2.72. The highest BCUT2D eigenvalue weighted by Gasteiger charge is 2.17. The zero-order valence-corrected chi connectivity index (χ0v) is 12.0. The van der Waals surface area contributed by atoms with Gasteiger partial charge in [0, 0.05) is 10.9 Å². The molecule has 4 nitrogen and oxygen atoms in total. The molecule has 0 radical (unpaired) electrons. The van der Waals surface area contributed by atoms with E-state index in [9.17, 15) is 9.90 Å². The van der Waals surface area contributed by atoms with Crippen LogP contribution in [0.4, 0.5) is 0 Å². The van der Waals surface area contributed by atoms with Crippen molar-refractivity contribution < 1.29 is 19.7 Å². The first-order valence-electron chi connectivity index (χ1n) is 5.67. The lowest BCUT2D eigenvalue weighted by Gasteiger charge is -2.17. The molecule has 0 aromatic heterocycles. The number of rotatable bonds is 6. The zero-order valence-electron chi connectivity index (χ0n) is 10.4. The van der Waals surface area contributed by atoms with E-state index in [4.69, 9.17) is 9.84 Å². The van der Waals surface area contributed by atoms with E-state index in [1.165, 1.54) is 0 Å². The summed E-state index contributed by atoms with van der Waals surface area (Å²) in [6.45, 7) is 1.81. The van der Waals surface area contributed by atoms with Crippen LogP contribution in [0.25, 0.3) is 0 Å². The van der Waals surface area contributed by atoms with Crippen LogP contribution in [-0.2, 0) is 4.79 Å². The van der Waals surface area contributed by atoms with Crippen LogP contribution >= 0.6 is 15.9 Å². The predicted molar refractivity (Wildman–Crippen MR) is 71.7 cm³/mol. The van der Waals surface area contributed by atoms with Crippen molar-refractivity contribution in [3.8, 4) is 5.75 Å². The summed E-state index contributed by atoms with van der Waals surface area (Å²) < 4.78 is 5.84. The molecular formula is C13H17BrO4.